The van der Waals surface area contributed by atoms with Crippen LogP contribution in [0.15, 0.2) is 71.3 Å². The number of hydrogen-bond donors (Lipinski definition) is 2. The van der Waals surface area contributed by atoms with Gasteiger partial charge in [-0.05, 0) is 55.8 Å². The molecular formula is C36H32N6O7. The van der Waals surface area contributed by atoms with Crippen molar-refractivity contribution in [3.63, 3.8) is 0 Å². The molecule has 13 heteroatoms. The number of hydrogen-bond acceptors (Lipinski definition) is 10. The number of carbonyl (C=O) groups is 4. The molecule has 7 rings (SSSR count). The highest BCUT2D eigenvalue weighted by atomic mass is 16.6. The number of non-ortho nitro benzene ring substituents is 1. The van der Waals surface area contributed by atoms with E-state index in [4.69, 9.17) is 4.52 Å². The first-order valence-electron chi connectivity index (χ1n) is 15.9. The predicted molar refractivity (Wildman–Crippen MR) is 180 cm³/mol. The smallest absolute Gasteiger partial charge is 0.270 e. The third-order valence-electron chi connectivity index (χ3n) is 9.10. The van der Waals surface area contributed by atoms with Crippen molar-refractivity contribution >= 4 is 50.9 Å². The van der Waals surface area contributed by atoms with E-state index in [0.29, 0.717) is 63.8 Å². The largest absolute Gasteiger partial charge is 0.356 e. The van der Waals surface area contributed by atoms with Gasteiger partial charge in [0.2, 0.25) is 0 Å². The van der Waals surface area contributed by atoms with Crippen LogP contribution in [-0.4, -0.2) is 81.8 Å². The number of nitro groups is 1. The summed E-state index contributed by atoms with van der Waals surface area (Å²) < 4.78 is 5.44. The molecule has 5 aromatic rings. The first-order valence-corrected chi connectivity index (χ1v) is 15.9. The molecule has 0 saturated carbocycles. The Bertz CT molecular complexity index is 2230. The Morgan fingerprint density at radius 2 is 1.24 bits per heavy atom. The third-order valence-corrected chi connectivity index (χ3v) is 9.10. The average molecular weight is 661 g/mol. The van der Waals surface area contributed by atoms with E-state index >= 15 is 0 Å². The number of nitro benzene ring substituents is 1. The molecule has 0 spiro atoms. The lowest BCUT2D eigenvalue weighted by molar-refractivity contribution is -0.384. The van der Waals surface area contributed by atoms with Crippen LogP contribution in [0.2, 0.25) is 0 Å². The van der Waals surface area contributed by atoms with Crippen LogP contribution in [0.25, 0.3) is 32.9 Å². The number of carbonyl (C=O) groups excluding carboxylic acids is 4. The second-order valence-electron chi connectivity index (χ2n) is 12.5. The van der Waals surface area contributed by atoms with Crippen LogP contribution in [0, 0.1) is 17.0 Å². The zero-order valence-electron chi connectivity index (χ0n) is 27.0. The Kier molecular flexibility index (Phi) is 8.01. The van der Waals surface area contributed by atoms with Crippen molar-refractivity contribution in [2.24, 2.45) is 0 Å². The van der Waals surface area contributed by atoms with Gasteiger partial charge in [-0.25, -0.2) is 0 Å². The van der Waals surface area contributed by atoms with Gasteiger partial charge in [-0.1, -0.05) is 29.4 Å². The molecule has 49 heavy (non-hydrogen) atoms. The van der Waals surface area contributed by atoms with Gasteiger partial charge in [0.1, 0.15) is 0 Å². The van der Waals surface area contributed by atoms with Crippen molar-refractivity contribution in [3.05, 3.63) is 105 Å². The fourth-order valence-corrected chi connectivity index (χ4v) is 6.77. The Balaban J connectivity index is 0.970. The van der Waals surface area contributed by atoms with Gasteiger partial charge >= 0.3 is 0 Å². The van der Waals surface area contributed by atoms with Crippen molar-refractivity contribution < 1.29 is 28.6 Å². The van der Waals surface area contributed by atoms with Gasteiger partial charge in [-0.2, -0.15) is 0 Å². The van der Waals surface area contributed by atoms with E-state index in [1.807, 2.05) is 26.0 Å². The summed E-state index contributed by atoms with van der Waals surface area (Å²) in [5.41, 5.74) is 2.55. The Morgan fingerprint density at radius 3 is 1.76 bits per heavy atom. The first-order chi connectivity index (χ1) is 23.5. The molecule has 0 radical (unpaired) electrons. The Morgan fingerprint density at radius 1 is 0.735 bits per heavy atom. The van der Waals surface area contributed by atoms with Gasteiger partial charge in [-0.3, -0.25) is 39.1 Å². The third kappa shape index (κ3) is 5.42. The summed E-state index contributed by atoms with van der Waals surface area (Å²) in [4.78, 5) is 67.5. The molecule has 2 aliphatic rings. The fourth-order valence-electron chi connectivity index (χ4n) is 6.77. The molecule has 2 atom stereocenters. The van der Waals surface area contributed by atoms with Crippen molar-refractivity contribution in [1.29, 1.82) is 0 Å². The molecule has 13 nitrogen and oxygen atoms in total. The van der Waals surface area contributed by atoms with Crippen LogP contribution in [0.1, 0.15) is 61.0 Å². The normalized spacial score (nSPS) is 15.4. The Hall–Kier alpha value is -5.79. The van der Waals surface area contributed by atoms with E-state index in [1.165, 1.54) is 17.0 Å². The van der Waals surface area contributed by atoms with Gasteiger partial charge in [0, 0.05) is 89.5 Å². The molecule has 248 valence electrons. The molecule has 2 N–H and O–H groups in total. The minimum atomic E-state index is -0.574. The van der Waals surface area contributed by atoms with Crippen LogP contribution >= 0.6 is 0 Å². The number of benzene rings is 4. The van der Waals surface area contributed by atoms with Gasteiger partial charge in [0.05, 0.1) is 16.2 Å². The average Bonchev–Trinajstić information content (AvgIpc) is 3.53. The SMILES string of the molecule is Cc1cc(-c2cc3c4c(cccc4c2)C(=O)N(C(C)CNCCNC[C@H](C)N2C(=O)c4cccc5cc([N+](=O)[O-])cc(c45)C2=O)C3=O)on1. The monoisotopic (exact) mass is 660 g/mol. The summed E-state index contributed by atoms with van der Waals surface area (Å²) in [6.07, 6.45) is 0. The zero-order chi connectivity index (χ0) is 34.6. The minimum Gasteiger partial charge on any atom is -0.356 e. The van der Waals surface area contributed by atoms with Crippen LogP contribution in [-0.2, 0) is 0 Å². The second kappa shape index (κ2) is 12.3. The number of aryl methyl sites for hydroxylation is 1. The van der Waals surface area contributed by atoms with Gasteiger partial charge < -0.3 is 15.2 Å². The molecular weight excluding hydrogens is 628 g/mol. The van der Waals surface area contributed by atoms with Crippen molar-refractivity contribution in [3.8, 4) is 11.3 Å². The summed E-state index contributed by atoms with van der Waals surface area (Å²) in [6.45, 7) is 6.93. The van der Waals surface area contributed by atoms with Gasteiger partial charge in [-0.15, -0.1) is 0 Å². The molecule has 0 aliphatic carbocycles. The molecule has 4 aromatic carbocycles. The highest BCUT2D eigenvalue weighted by Gasteiger charge is 2.38. The highest BCUT2D eigenvalue weighted by molar-refractivity contribution is 6.27. The standard InChI is InChI=1S/C36H32N6O7/c1-19-12-30(49-39-19)24-13-22-6-4-8-26-31(22)28(15-24)35(45)40(33(26)43)20(2)17-37-10-11-38-18-21(3)41-34(44)27-9-5-7-23-14-25(42(47)48)16-29(32(23)27)36(41)46/h4-9,12-16,20-21,37-38H,10-11,17-18H2,1-3H3/t20?,21-/m0/s1. The molecule has 1 aromatic heterocycles. The van der Waals surface area contributed by atoms with Crippen LogP contribution in [0.3, 0.4) is 0 Å². The lowest BCUT2D eigenvalue weighted by Crippen LogP contribution is -2.51. The van der Waals surface area contributed by atoms with Crippen molar-refractivity contribution in [1.82, 2.24) is 25.6 Å². The first kappa shape index (κ1) is 31.8. The van der Waals surface area contributed by atoms with Crippen molar-refractivity contribution in [2.75, 3.05) is 26.2 Å². The van der Waals surface area contributed by atoms with Crippen molar-refractivity contribution in [2.45, 2.75) is 32.9 Å². The number of nitrogens with zero attached hydrogens (tertiary/aromatic N) is 4. The second-order valence-corrected chi connectivity index (χ2v) is 12.5. The maximum absolute atomic E-state index is 13.8. The van der Waals surface area contributed by atoms with Gasteiger partial charge in [0.25, 0.3) is 29.3 Å². The molecule has 3 heterocycles. The van der Waals surface area contributed by atoms with E-state index in [9.17, 15) is 29.3 Å². The molecule has 1 unspecified atom stereocenters. The Labute approximate surface area is 280 Å². The molecule has 0 bridgehead atoms. The molecule has 0 fully saturated rings. The number of nitrogens with one attached hydrogen (secondary N) is 2. The number of rotatable bonds is 11. The van der Waals surface area contributed by atoms with E-state index in [2.05, 4.69) is 15.8 Å². The van der Waals surface area contributed by atoms with Crippen LogP contribution < -0.4 is 10.6 Å². The maximum Gasteiger partial charge on any atom is 0.270 e. The fraction of sp³-hybridized carbons (Fsp3) is 0.250. The summed E-state index contributed by atoms with van der Waals surface area (Å²) in [5, 5.41) is 24.3. The van der Waals surface area contributed by atoms with Crippen LogP contribution in [0.5, 0.6) is 0 Å². The number of aromatic nitrogens is 1. The van der Waals surface area contributed by atoms with Crippen LogP contribution in [0.4, 0.5) is 5.69 Å². The summed E-state index contributed by atoms with van der Waals surface area (Å²) >= 11 is 0. The van der Waals surface area contributed by atoms with E-state index in [0.717, 1.165) is 16.0 Å². The topological polar surface area (TPSA) is 168 Å². The highest BCUT2D eigenvalue weighted by Crippen LogP contribution is 2.36. The molecule has 4 amide bonds. The van der Waals surface area contributed by atoms with E-state index in [1.54, 1.807) is 49.4 Å². The lowest BCUT2D eigenvalue weighted by Gasteiger charge is -2.32. The lowest BCUT2D eigenvalue weighted by atomic mass is 9.91. The summed E-state index contributed by atoms with van der Waals surface area (Å²) in [5.74, 6) is -1.23. The number of amides is 4. The number of imide groups is 2. The maximum atomic E-state index is 13.8. The predicted octanol–water partition coefficient (Wildman–Crippen LogP) is 4.71. The van der Waals surface area contributed by atoms with Gasteiger partial charge in [0.15, 0.2) is 5.76 Å². The zero-order valence-corrected chi connectivity index (χ0v) is 27.0. The van der Waals surface area contributed by atoms with E-state index in [-0.39, 0.29) is 29.6 Å². The minimum absolute atomic E-state index is 0.131. The summed E-state index contributed by atoms with van der Waals surface area (Å²) in [7, 11) is 0. The molecule has 2 aliphatic heterocycles. The van der Waals surface area contributed by atoms with E-state index < -0.39 is 28.8 Å². The summed E-state index contributed by atoms with van der Waals surface area (Å²) in [6, 6.07) is 17.3. The quantitative estimate of drug-likeness (QED) is 0.0876. The molecule has 0 saturated heterocycles.